The molecule has 0 unspecified atom stereocenters. The summed E-state index contributed by atoms with van der Waals surface area (Å²) in [5.41, 5.74) is 0. The van der Waals surface area contributed by atoms with Crippen LogP contribution in [0.2, 0.25) is 0 Å². The van der Waals surface area contributed by atoms with E-state index in [-0.39, 0.29) is 12.4 Å². The zero-order valence-corrected chi connectivity index (χ0v) is 7.55. The minimum atomic E-state index is -4.68. The monoisotopic (exact) mass is 224 g/mol. The fourth-order valence-electron chi connectivity index (χ4n) is 0.871. The molecule has 0 heterocycles. The highest BCUT2D eigenvalue weighted by atomic mass is 19.4. The van der Waals surface area contributed by atoms with Crippen LogP contribution in [0.3, 0.4) is 0 Å². The van der Waals surface area contributed by atoms with Gasteiger partial charge in [0.25, 0.3) is 0 Å². The van der Waals surface area contributed by atoms with Gasteiger partial charge in [0.1, 0.15) is 6.61 Å². The van der Waals surface area contributed by atoms with Crippen LogP contribution in [0.25, 0.3) is 0 Å². The van der Waals surface area contributed by atoms with Crippen molar-refractivity contribution in [2.24, 2.45) is 0 Å². The third-order valence-electron chi connectivity index (χ3n) is 1.44. The Hall–Kier alpha value is -1.30. The average Bonchev–Trinajstić information content (AvgIpc) is 2.13. The van der Waals surface area contributed by atoms with Crippen molar-refractivity contribution in [3.63, 3.8) is 0 Å². The molecule has 0 saturated heterocycles. The van der Waals surface area contributed by atoms with Gasteiger partial charge in [-0.3, -0.25) is 4.74 Å². The lowest BCUT2D eigenvalue weighted by Gasteiger charge is -2.09. The molecule has 84 valence electrons. The van der Waals surface area contributed by atoms with Crippen LogP contribution in [0.1, 0.15) is 0 Å². The van der Waals surface area contributed by atoms with Crippen molar-refractivity contribution >= 4 is 0 Å². The lowest BCUT2D eigenvalue weighted by molar-refractivity contribution is -0.325. The number of para-hydroxylation sites is 1. The molecule has 0 radical (unpaired) electrons. The van der Waals surface area contributed by atoms with E-state index in [9.17, 15) is 17.6 Å². The minimum Gasteiger partial charge on any atom is -0.488 e. The van der Waals surface area contributed by atoms with Gasteiger partial charge in [0.05, 0.1) is 6.61 Å². The molecule has 0 aliphatic heterocycles. The summed E-state index contributed by atoms with van der Waals surface area (Å²) in [4.78, 5) is 0. The topological polar surface area (TPSA) is 18.5 Å². The Bertz CT molecular complexity index is 311. The SMILES string of the molecule is Fc1ccccc1OCCOC(F)(F)F. The predicted molar refractivity (Wildman–Crippen MR) is 43.9 cm³/mol. The normalized spacial score (nSPS) is 11.5. The molecule has 1 aromatic carbocycles. The highest BCUT2D eigenvalue weighted by molar-refractivity contribution is 5.23. The number of hydrogen-bond donors (Lipinski definition) is 0. The van der Waals surface area contributed by atoms with E-state index in [1.807, 2.05) is 0 Å². The third-order valence-corrected chi connectivity index (χ3v) is 1.44. The molecule has 1 aromatic rings. The van der Waals surface area contributed by atoms with Crippen LogP contribution in [-0.4, -0.2) is 19.6 Å². The number of hydrogen-bond acceptors (Lipinski definition) is 2. The average molecular weight is 224 g/mol. The molecule has 6 heteroatoms. The van der Waals surface area contributed by atoms with E-state index < -0.39 is 18.8 Å². The number of alkyl halides is 3. The van der Waals surface area contributed by atoms with Crippen LogP contribution < -0.4 is 4.74 Å². The van der Waals surface area contributed by atoms with Crippen LogP contribution in [0.5, 0.6) is 5.75 Å². The standard InChI is InChI=1S/C9H8F4O2/c10-7-3-1-2-4-8(7)14-5-6-15-9(11,12)13/h1-4H,5-6H2. The molecular weight excluding hydrogens is 216 g/mol. The van der Waals surface area contributed by atoms with E-state index in [0.717, 1.165) is 6.07 Å². The summed E-state index contributed by atoms with van der Waals surface area (Å²) < 4.78 is 55.6. The second-order valence-corrected chi connectivity index (χ2v) is 2.57. The van der Waals surface area contributed by atoms with Crippen molar-refractivity contribution in [2.45, 2.75) is 6.36 Å². The van der Waals surface area contributed by atoms with Crippen LogP contribution in [-0.2, 0) is 4.74 Å². The van der Waals surface area contributed by atoms with Gasteiger partial charge in [-0.25, -0.2) is 4.39 Å². The maximum atomic E-state index is 12.9. The minimum absolute atomic E-state index is 0.0942. The summed E-state index contributed by atoms with van der Waals surface area (Å²) in [5.74, 6) is -0.715. The highest BCUT2D eigenvalue weighted by Gasteiger charge is 2.28. The first-order valence-electron chi connectivity index (χ1n) is 4.07. The fourth-order valence-corrected chi connectivity index (χ4v) is 0.871. The molecule has 0 atom stereocenters. The number of rotatable bonds is 4. The number of ether oxygens (including phenoxy) is 2. The molecular formula is C9H8F4O2. The zero-order valence-electron chi connectivity index (χ0n) is 7.55. The highest BCUT2D eigenvalue weighted by Crippen LogP contribution is 2.17. The van der Waals surface area contributed by atoms with Crippen LogP contribution in [0, 0.1) is 5.82 Å². The smallest absolute Gasteiger partial charge is 0.488 e. The van der Waals surface area contributed by atoms with Crippen molar-refractivity contribution in [3.05, 3.63) is 30.1 Å². The van der Waals surface area contributed by atoms with Crippen molar-refractivity contribution in [2.75, 3.05) is 13.2 Å². The molecule has 0 saturated carbocycles. The maximum absolute atomic E-state index is 12.9. The molecule has 0 aromatic heterocycles. The Morgan fingerprint density at radius 1 is 1.07 bits per heavy atom. The van der Waals surface area contributed by atoms with Crippen molar-refractivity contribution in [3.8, 4) is 5.75 Å². The molecule has 0 N–H and O–H groups in total. The van der Waals surface area contributed by atoms with Crippen LogP contribution in [0.4, 0.5) is 17.6 Å². The zero-order chi connectivity index (χ0) is 11.3. The van der Waals surface area contributed by atoms with Gasteiger partial charge in [0.15, 0.2) is 11.6 Å². The predicted octanol–water partition coefficient (Wildman–Crippen LogP) is 2.74. The summed E-state index contributed by atoms with van der Waals surface area (Å²) in [5, 5.41) is 0. The van der Waals surface area contributed by atoms with Gasteiger partial charge in [-0.05, 0) is 12.1 Å². The van der Waals surface area contributed by atoms with Gasteiger partial charge in [-0.1, -0.05) is 12.1 Å². The second kappa shape index (κ2) is 4.97. The summed E-state index contributed by atoms with van der Waals surface area (Å²) in [6.45, 7) is -1.03. The lowest BCUT2D eigenvalue weighted by Crippen LogP contribution is -2.18. The molecule has 0 bridgehead atoms. The first-order valence-corrected chi connectivity index (χ1v) is 4.07. The van der Waals surface area contributed by atoms with Gasteiger partial charge >= 0.3 is 6.36 Å². The van der Waals surface area contributed by atoms with Crippen molar-refractivity contribution in [1.29, 1.82) is 0 Å². The second-order valence-electron chi connectivity index (χ2n) is 2.57. The number of benzene rings is 1. The molecule has 0 amide bonds. The quantitative estimate of drug-likeness (QED) is 0.578. The van der Waals surface area contributed by atoms with Gasteiger partial charge in [-0.15, -0.1) is 13.2 Å². The van der Waals surface area contributed by atoms with E-state index in [0.29, 0.717) is 0 Å². The van der Waals surface area contributed by atoms with Gasteiger partial charge in [0, 0.05) is 0 Å². The Labute approximate surface area is 83.4 Å². The molecule has 15 heavy (non-hydrogen) atoms. The third kappa shape index (κ3) is 4.64. The van der Waals surface area contributed by atoms with Crippen LogP contribution in [0.15, 0.2) is 24.3 Å². The summed E-state index contributed by atoms with van der Waals surface area (Å²) in [6, 6.07) is 5.44. The Morgan fingerprint density at radius 2 is 1.73 bits per heavy atom. The summed E-state index contributed by atoms with van der Waals surface area (Å²) >= 11 is 0. The largest absolute Gasteiger partial charge is 0.522 e. The summed E-state index contributed by atoms with van der Waals surface area (Å²) in [6.07, 6.45) is -4.68. The molecule has 0 spiro atoms. The first kappa shape index (κ1) is 11.8. The van der Waals surface area contributed by atoms with Gasteiger partial charge in [-0.2, -0.15) is 0 Å². The molecule has 2 nitrogen and oxygen atoms in total. The lowest BCUT2D eigenvalue weighted by atomic mass is 10.3. The van der Waals surface area contributed by atoms with E-state index in [1.54, 1.807) is 0 Å². The molecule has 0 fully saturated rings. The maximum Gasteiger partial charge on any atom is 0.522 e. The fraction of sp³-hybridized carbons (Fsp3) is 0.333. The van der Waals surface area contributed by atoms with E-state index in [1.165, 1.54) is 18.2 Å². The Kier molecular flexibility index (Phi) is 3.90. The van der Waals surface area contributed by atoms with Gasteiger partial charge < -0.3 is 4.74 Å². The first-order chi connectivity index (χ1) is 6.99. The van der Waals surface area contributed by atoms with Crippen LogP contribution >= 0.6 is 0 Å². The van der Waals surface area contributed by atoms with E-state index in [4.69, 9.17) is 4.74 Å². The Balaban J connectivity index is 2.30. The molecule has 0 aliphatic rings. The summed E-state index contributed by atoms with van der Waals surface area (Å²) in [7, 11) is 0. The molecule has 1 rings (SSSR count). The van der Waals surface area contributed by atoms with E-state index >= 15 is 0 Å². The molecule has 0 aliphatic carbocycles. The Morgan fingerprint density at radius 3 is 2.33 bits per heavy atom. The van der Waals surface area contributed by atoms with E-state index in [2.05, 4.69) is 4.74 Å². The number of halogens is 4. The van der Waals surface area contributed by atoms with Crippen molar-refractivity contribution < 1.29 is 27.0 Å². The van der Waals surface area contributed by atoms with Gasteiger partial charge in [0.2, 0.25) is 0 Å². The van der Waals surface area contributed by atoms with Crippen molar-refractivity contribution in [1.82, 2.24) is 0 Å².